The van der Waals surface area contributed by atoms with Gasteiger partial charge in [0.2, 0.25) is 5.91 Å². The lowest BCUT2D eigenvalue weighted by molar-refractivity contribution is -0.122. The molecule has 2 aromatic carbocycles. The lowest BCUT2D eigenvalue weighted by Crippen LogP contribution is -2.38. The van der Waals surface area contributed by atoms with Gasteiger partial charge in [0, 0.05) is 30.0 Å². The highest BCUT2D eigenvalue weighted by Gasteiger charge is 2.38. The monoisotopic (exact) mass is 443 g/mol. The van der Waals surface area contributed by atoms with Gasteiger partial charge in [-0.25, -0.2) is 4.39 Å². The molecule has 1 heterocycles. The van der Waals surface area contributed by atoms with E-state index in [1.165, 1.54) is 6.07 Å². The lowest BCUT2D eigenvalue weighted by atomic mass is 9.73. The van der Waals surface area contributed by atoms with Gasteiger partial charge >= 0.3 is 0 Å². The van der Waals surface area contributed by atoms with Crippen molar-refractivity contribution in [3.8, 4) is 5.75 Å². The number of halogens is 2. The van der Waals surface area contributed by atoms with E-state index in [-0.39, 0.29) is 35.8 Å². The zero-order chi connectivity index (χ0) is 19.8. The van der Waals surface area contributed by atoms with Gasteiger partial charge in [-0.3, -0.25) is 9.59 Å². The van der Waals surface area contributed by atoms with Crippen LogP contribution < -0.4 is 10.1 Å². The highest BCUT2D eigenvalue weighted by molar-refractivity contribution is 9.10. The fourth-order valence-electron chi connectivity index (χ4n) is 4.11. The summed E-state index contributed by atoms with van der Waals surface area (Å²) in [6.07, 6.45) is 1.14. The van der Waals surface area contributed by atoms with Crippen molar-refractivity contribution in [2.24, 2.45) is 0 Å². The van der Waals surface area contributed by atoms with E-state index < -0.39 is 0 Å². The van der Waals surface area contributed by atoms with Crippen molar-refractivity contribution in [2.45, 2.75) is 31.1 Å². The molecular weight excluding hydrogens is 425 g/mol. The third kappa shape index (κ3) is 3.49. The number of carbonyl (C=O) groups excluding carboxylic acids is 2. The Labute approximate surface area is 170 Å². The lowest BCUT2D eigenvalue weighted by Gasteiger charge is -2.34. The summed E-state index contributed by atoms with van der Waals surface area (Å²) in [6, 6.07) is 12.3. The minimum Gasteiger partial charge on any atom is -0.497 e. The van der Waals surface area contributed by atoms with Crippen LogP contribution in [-0.4, -0.2) is 18.8 Å². The highest BCUT2D eigenvalue weighted by atomic mass is 79.9. The quantitative estimate of drug-likeness (QED) is 0.753. The van der Waals surface area contributed by atoms with E-state index in [1.807, 2.05) is 24.3 Å². The predicted octanol–water partition coefficient (Wildman–Crippen LogP) is 4.60. The average molecular weight is 444 g/mol. The van der Waals surface area contributed by atoms with Gasteiger partial charge in [0.15, 0.2) is 5.78 Å². The van der Waals surface area contributed by atoms with Gasteiger partial charge in [0.1, 0.15) is 11.6 Å². The minimum absolute atomic E-state index is 0.0136. The molecule has 1 N–H and O–H groups in total. The maximum absolute atomic E-state index is 13.6. The molecule has 0 saturated heterocycles. The Morgan fingerprint density at radius 1 is 1.07 bits per heavy atom. The van der Waals surface area contributed by atoms with E-state index in [1.54, 1.807) is 19.2 Å². The third-order valence-corrected chi connectivity index (χ3v) is 6.06. The van der Waals surface area contributed by atoms with Crippen LogP contribution in [0.4, 0.5) is 4.39 Å². The molecule has 1 aliphatic carbocycles. The summed E-state index contributed by atoms with van der Waals surface area (Å²) >= 11 is 3.20. The van der Waals surface area contributed by atoms with E-state index in [2.05, 4.69) is 21.2 Å². The number of carbonyl (C=O) groups is 2. The normalized spacial score (nSPS) is 22.0. The van der Waals surface area contributed by atoms with Gasteiger partial charge in [0.25, 0.3) is 0 Å². The maximum Gasteiger partial charge on any atom is 0.225 e. The number of ether oxygens (including phenoxy) is 1. The number of Topliss-reactive ketones (excluding diaryl/α,β-unsaturated/α-hetero) is 1. The summed E-state index contributed by atoms with van der Waals surface area (Å²) in [5.41, 5.74) is 3.12. The Bertz CT molecular complexity index is 1000. The Kier molecular flexibility index (Phi) is 5.06. The fourth-order valence-corrected chi connectivity index (χ4v) is 4.50. The molecule has 4 nitrogen and oxygen atoms in total. The van der Waals surface area contributed by atoms with Crippen molar-refractivity contribution in [2.75, 3.05) is 7.11 Å². The molecule has 2 unspecified atom stereocenters. The van der Waals surface area contributed by atoms with E-state index >= 15 is 0 Å². The van der Waals surface area contributed by atoms with Crippen molar-refractivity contribution >= 4 is 27.6 Å². The number of benzene rings is 2. The Morgan fingerprint density at radius 2 is 1.89 bits per heavy atom. The average Bonchev–Trinajstić information content (AvgIpc) is 2.69. The second-order valence-corrected chi connectivity index (χ2v) is 8.03. The second kappa shape index (κ2) is 7.51. The molecule has 2 aromatic rings. The summed E-state index contributed by atoms with van der Waals surface area (Å²) in [5, 5.41) is 2.91. The molecular formula is C22H19BrFNO3. The van der Waals surface area contributed by atoms with Crippen LogP contribution in [0.15, 0.2) is 58.2 Å². The van der Waals surface area contributed by atoms with Crippen LogP contribution >= 0.6 is 15.9 Å². The van der Waals surface area contributed by atoms with Gasteiger partial charge in [-0.2, -0.15) is 0 Å². The van der Waals surface area contributed by atoms with Crippen LogP contribution in [0.1, 0.15) is 42.2 Å². The first-order valence-electron chi connectivity index (χ1n) is 9.11. The summed E-state index contributed by atoms with van der Waals surface area (Å²) in [7, 11) is 1.61. The molecule has 2 aliphatic rings. The van der Waals surface area contributed by atoms with Gasteiger partial charge in [-0.05, 0) is 63.7 Å². The number of amides is 1. The SMILES string of the molecule is COc1cccc(C2CC(=O)C3=C(C2)NC(=O)CC3c2ccc(F)c(Br)c2)c1. The number of ketones is 1. The molecule has 28 heavy (non-hydrogen) atoms. The van der Waals surface area contributed by atoms with Crippen molar-refractivity contribution in [3.05, 3.63) is 75.2 Å². The third-order valence-electron chi connectivity index (χ3n) is 5.45. The largest absolute Gasteiger partial charge is 0.497 e. The molecule has 144 valence electrons. The van der Waals surface area contributed by atoms with Crippen LogP contribution in [0, 0.1) is 5.82 Å². The number of nitrogens with one attached hydrogen (secondary N) is 1. The molecule has 0 bridgehead atoms. The van der Waals surface area contributed by atoms with Crippen LogP contribution in [0.3, 0.4) is 0 Å². The van der Waals surface area contributed by atoms with Crippen LogP contribution in [0.5, 0.6) is 5.75 Å². The second-order valence-electron chi connectivity index (χ2n) is 7.18. The topological polar surface area (TPSA) is 55.4 Å². The van der Waals surface area contributed by atoms with E-state index in [9.17, 15) is 14.0 Å². The van der Waals surface area contributed by atoms with Crippen LogP contribution in [0.25, 0.3) is 0 Å². The molecule has 4 rings (SSSR count). The standard InChI is InChI=1S/C22H19BrFNO3/c1-28-15-4-2-3-12(7-15)14-9-19-22(20(26)10-14)16(11-21(27)25-19)13-5-6-18(24)17(23)8-13/h2-8,14,16H,9-11H2,1H3,(H,25,27). The number of methoxy groups -OCH3 is 1. The first-order valence-corrected chi connectivity index (χ1v) is 9.90. The first kappa shape index (κ1) is 18.9. The summed E-state index contributed by atoms with van der Waals surface area (Å²) in [4.78, 5) is 25.4. The zero-order valence-electron chi connectivity index (χ0n) is 15.3. The zero-order valence-corrected chi connectivity index (χ0v) is 16.9. The van der Waals surface area contributed by atoms with Crippen molar-refractivity contribution in [1.29, 1.82) is 0 Å². The number of allylic oxidation sites excluding steroid dienone is 2. The molecule has 6 heteroatoms. The van der Waals surface area contributed by atoms with Crippen LogP contribution in [0.2, 0.25) is 0 Å². The van der Waals surface area contributed by atoms with E-state index in [4.69, 9.17) is 4.74 Å². The van der Waals surface area contributed by atoms with Crippen molar-refractivity contribution in [3.63, 3.8) is 0 Å². The molecule has 0 radical (unpaired) electrons. The number of rotatable bonds is 3. The Morgan fingerprint density at radius 3 is 2.64 bits per heavy atom. The fraction of sp³-hybridized carbons (Fsp3) is 0.273. The molecule has 0 saturated carbocycles. The van der Waals surface area contributed by atoms with Crippen molar-refractivity contribution < 1.29 is 18.7 Å². The molecule has 0 spiro atoms. The van der Waals surface area contributed by atoms with Gasteiger partial charge < -0.3 is 10.1 Å². The number of hydrogen-bond donors (Lipinski definition) is 1. The molecule has 1 aliphatic heterocycles. The highest BCUT2D eigenvalue weighted by Crippen LogP contribution is 2.43. The Hall–Kier alpha value is -2.47. The van der Waals surface area contributed by atoms with Crippen LogP contribution in [-0.2, 0) is 9.59 Å². The molecule has 2 atom stereocenters. The molecule has 0 aromatic heterocycles. The van der Waals surface area contributed by atoms with Gasteiger partial charge in [-0.1, -0.05) is 18.2 Å². The summed E-state index contributed by atoms with van der Waals surface area (Å²) in [6.45, 7) is 0. The molecule has 0 fully saturated rings. The first-order chi connectivity index (χ1) is 13.5. The van der Waals surface area contributed by atoms with E-state index in [0.29, 0.717) is 28.6 Å². The predicted molar refractivity (Wildman–Crippen MR) is 107 cm³/mol. The Balaban J connectivity index is 1.71. The summed E-state index contributed by atoms with van der Waals surface area (Å²) < 4.78 is 19.3. The van der Waals surface area contributed by atoms with Crippen molar-refractivity contribution in [1.82, 2.24) is 5.32 Å². The number of hydrogen-bond acceptors (Lipinski definition) is 3. The van der Waals surface area contributed by atoms with Gasteiger partial charge in [0.05, 0.1) is 11.6 Å². The van der Waals surface area contributed by atoms with Gasteiger partial charge in [-0.15, -0.1) is 0 Å². The van der Waals surface area contributed by atoms with E-state index in [0.717, 1.165) is 16.9 Å². The minimum atomic E-state index is -0.369. The molecule has 1 amide bonds. The smallest absolute Gasteiger partial charge is 0.225 e. The summed E-state index contributed by atoms with van der Waals surface area (Å²) in [5.74, 6) is -0.0831. The maximum atomic E-state index is 13.6.